The van der Waals surface area contributed by atoms with Crippen molar-refractivity contribution >= 4 is 27.2 Å². The normalized spacial score (nSPS) is 13.2. The third-order valence-corrected chi connectivity index (χ3v) is 4.72. The van der Waals surface area contributed by atoms with Gasteiger partial charge in [0, 0.05) is 19.5 Å². The number of nitrogens with two attached hydrogens (primary N) is 1. The lowest BCUT2D eigenvalue weighted by Crippen LogP contribution is -2.38. The molecule has 0 aromatic heterocycles. The van der Waals surface area contributed by atoms with Crippen LogP contribution in [0.4, 0.5) is 0 Å². The van der Waals surface area contributed by atoms with Crippen LogP contribution in [0.5, 0.6) is 0 Å². The number of hydrogen-bond donors (Lipinski definition) is 1. The van der Waals surface area contributed by atoms with E-state index < -0.39 is 10.0 Å². The fourth-order valence-corrected chi connectivity index (χ4v) is 3.66. The lowest BCUT2D eigenvalue weighted by molar-refractivity contribution is 0.360. The highest BCUT2D eigenvalue weighted by Gasteiger charge is 2.25. The van der Waals surface area contributed by atoms with Crippen molar-refractivity contribution in [1.82, 2.24) is 4.31 Å². The average molecular weight is 309 g/mol. The van der Waals surface area contributed by atoms with Gasteiger partial charge >= 0.3 is 0 Å². The van der Waals surface area contributed by atoms with E-state index in [1.54, 1.807) is 0 Å². The second-order valence-corrected chi connectivity index (χ2v) is 9.21. The number of thiocarbonyl (C=S) groups is 1. The summed E-state index contributed by atoms with van der Waals surface area (Å²) < 4.78 is 26.3. The number of hydrogen-bond acceptors (Lipinski definition) is 3. The fraction of sp³-hybridized carbons (Fsp3) is 0.923. The monoisotopic (exact) mass is 308 g/mol. The summed E-state index contributed by atoms with van der Waals surface area (Å²) >= 11 is 4.83. The third-order valence-electron chi connectivity index (χ3n) is 2.68. The summed E-state index contributed by atoms with van der Waals surface area (Å²) in [6.07, 6.45) is 1.09. The Labute approximate surface area is 123 Å². The summed E-state index contributed by atoms with van der Waals surface area (Å²) in [4.78, 5) is 0.361. The molecule has 0 spiro atoms. The van der Waals surface area contributed by atoms with Crippen LogP contribution in [0.2, 0.25) is 0 Å². The summed E-state index contributed by atoms with van der Waals surface area (Å²) in [5, 5.41) is 0. The summed E-state index contributed by atoms with van der Waals surface area (Å²) in [5.41, 5.74) is 5.48. The SMILES string of the molecule is CC(C)CN(CCC(N)=S)S(=O)(=O)CCC(C)(C)C. The Hall–Kier alpha value is -0.200. The molecule has 0 atom stereocenters. The first-order valence-electron chi connectivity index (χ1n) is 6.70. The highest BCUT2D eigenvalue weighted by molar-refractivity contribution is 7.89. The molecule has 0 bridgehead atoms. The van der Waals surface area contributed by atoms with Gasteiger partial charge in [0.05, 0.1) is 10.7 Å². The molecule has 114 valence electrons. The lowest BCUT2D eigenvalue weighted by Gasteiger charge is -2.26. The standard InChI is InChI=1S/C13H28N2O2S2/c1-11(2)10-15(8-6-12(14)18)19(16,17)9-7-13(3,4)5/h11H,6-10H2,1-5H3,(H2,14,18). The summed E-state index contributed by atoms with van der Waals surface area (Å²) in [6, 6.07) is 0. The van der Waals surface area contributed by atoms with Gasteiger partial charge in [0.15, 0.2) is 0 Å². The Morgan fingerprint density at radius 3 is 2.21 bits per heavy atom. The van der Waals surface area contributed by atoms with Crippen molar-refractivity contribution in [3.8, 4) is 0 Å². The van der Waals surface area contributed by atoms with E-state index in [4.69, 9.17) is 18.0 Å². The van der Waals surface area contributed by atoms with Gasteiger partial charge in [-0.2, -0.15) is 0 Å². The number of sulfonamides is 1. The minimum absolute atomic E-state index is 0.0136. The Bertz CT molecular complexity index is 384. The first kappa shape index (κ1) is 18.8. The van der Waals surface area contributed by atoms with Crippen LogP contribution >= 0.6 is 12.2 Å². The predicted molar refractivity (Wildman–Crippen MR) is 85.7 cm³/mol. The van der Waals surface area contributed by atoms with Crippen LogP contribution in [0.25, 0.3) is 0 Å². The van der Waals surface area contributed by atoms with E-state index >= 15 is 0 Å². The van der Waals surface area contributed by atoms with Crippen molar-refractivity contribution < 1.29 is 8.42 Å². The van der Waals surface area contributed by atoms with Crippen molar-refractivity contribution in [2.45, 2.75) is 47.5 Å². The largest absolute Gasteiger partial charge is 0.393 e. The van der Waals surface area contributed by atoms with Crippen LogP contribution in [0, 0.1) is 11.3 Å². The molecule has 0 saturated heterocycles. The molecule has 0 amide bonds. The lowest BCUT2D eigenvalue weighted by atomic mass is 9.94. The van der Waals surface area contributed by atoms with Gasteiger partial charge in [-0.25, -0.2) is 12.7 Å². The van der Waals surface area contributed by atoms with Gasteiger partial charge in [-0.15, -0.1) is 0 Å². The van der Waals surface area contributed by atoms with Gasteiger partial charge in [0.2, 0.25) is 10.0 Å². The summed E-state index contributed by atoms with van der Waals surface area (Å²) in [5.74, 6) is 0.469. The Kier molecular flexibility index (Phi) is 7.47. The zero-order valence-electron chi connectivity index (χ0n) is 12.8. The van der Waals surface area contributed by atoms with Gasteiger partial charge in [-0.05, 0) is 17.8 Å². The first-order valence-corrected chi connectivity index (χ1v) is 8.72. The maximum absolute atomic E-state index is 12.4. The van der Waals surface area contributed by atoms with Crippen LogP contribution in [0.3, 0.4) is 0 Å². The van der Waals surface area contributed by atoms with E-state index in [9.17, 15) is 8.42 Å². The third kappa shape index (κ3) is 9.35. The molecule has 4 nitrogen and oxygen atoms in total. The number of rotatable bonds is 8. The topological polar surface area (TPSA) is 63.4 Å². The zero-order chi connectivity index (χ0) is 15.3. The molecule has 0 aromatic carbocycles. The molecule has 0 aliphatic rings. The van der Waals surface area contributed by atoms with Crippen LogP contribution in [0.1, 0.15) is 47.5 Å². The maximum Gasteiger partial charge on any atom is 0.214 e. The van der Waals surface area contributed by atoms with E-state index in [1.807, 2.05) is 34.6 Å². The molecule has 0 heterocycles. The number of nitrogens with zero attached hydrogens (tertiary/aromatic N) is 1. The second kappa shape index (κ2) is 7.55. The van der Waals surface area contributed by atoms with Crippen molar-refractivity contribution in [3.05, 3.63) is 0 Å². The van der Waals surface area contributed by atoms with E-state index in [1.165, 1.54) is 4.31 Å². The second-order valence-electron chi connectivity index (χ2n) is 6.59. The minimum atomic E-state index is -3.23. The summed E-state index contributed by atoms with van der Waals surface area (Å²) in [7, 11) is -3.23. The van der Waals surface area contributed by atoms with Crippen molar-refractivity contribution in [2.24, 2.45) is 17.1 Å². The van der Waals surface area contributed by atoms with Gasteiger partial charge in [0.1, 0.15) is 0 Å². The highest BCUT2D eigenvalue weighted by Crippen LogP contribution is 2.21. The van der Waals surface area contributed by atoms with Crippen LogP contribution in [-0.4, -0.2) is 36.6 Å². The Morgan fingerprint density at radius 2 is 1.84 bits per heavy atom. The molecule has 0 saturated carbocycles. The molecular formula is C13H28N2O2S2. The quantitative estimate of drug-likeness (QED) is 0.699. The molecule has 0 radical (unpaired) electrons. The zero-order valence-corrected chi connectivity index (χ0v) is 14.4. The van der Waals surface area contributed by atoms with Crippen LogP contribution < -0.4 is 5.73 Å². The van der Waals surface area contributed by atoms with E-state index in [0.29, 0.717) is 30.9 Å². The Balaban J connectivity index is 4.75. The molecule has 2 N–H and O–H groups in total. The molecule has 0 rings (SSSR count). The smallest absolute Gasteiger partial charge is 0.214 e. The molecular weight excluding hydrogens is 280 g/mol. The first-order chi connectivity index (χ1) is 8.44. The molecule has 6 heteroatoms. The molecule has 0 fully saturated rings. The van der Waals surface area contributed by atoms with Gasteiger partial charge in [-0.3, -0.25) is 0 Å². The molecule has 0 unspecified atom stereocenters. The minimum Gasteiger partial charge on any atom is -0.393 e. The molecule has 0 aromatic rings. The maximum atomic E-state index is 12.4. The highest BCUT2D eigenvalue weighted by atomic mass is 32.2. The average Bonchev–Trinajstić information content (AvgIpc) is 2.19. The van der Waals surface area contributed by atoms with Gasteiger partial charge in [-0.1, -0.05) is 46.8 Å². The molecule has 0 aliphatic carbocycles. The molecule has 0 aliphatic heterocycles. The van der Waals surface area contributed by atoms with Crippen molar-refractivity contribution in [2.75, 3.05) is 18.8 Å². The molecule has 19 heavy (non-hydrogen) atoms. The van der Waals surface area contributed by atoms with Gasteiger partial charge < -0.3 is 5.73 Å². The summed E-state index contributed by atoms with van der Waals surface area (Å²) in [6.45, 7) is 11.1. The van der Waals surface area contributed by atoms with Gasteiger partial charge in [0.25, 0.3) is 0 Å². The Morgan fingerprint density at radius 1 is 1.32 bits per heavy atom. The predicted octanol–water partition coefficient (Wildman–Crippen LogP) is 2.39. The fourth-order valence-electron chi connectivity index (χ4n) is 1.55. The van der Waals surface area contributed by atoms with E-state index in [-0.39, 0.29) is 17.1 Å². The van der Waals surface area contributed by atoms with Crippen LogP contribution in [-0.2, 0) is 10.0 Å². The van der Waals surface area contributed by atoms with Crippen LogP contribution in [0.15, 0.2) is 0 Å². The van der Waals surface area contributed by atoms with Crippen molar-refractivity contribution in [1.29, 1.82) is 0 Å². The van der Waals surface area contributed by atoms with Crippen molar-refractivity contribution in [3.63, 3.8) is 0 Å². The van der Waals surface area contributed by atoms with E-state index in [2.05, 4.69) is 0 Å². The van der Waals surface area contributed by atoms with E-state index in [0.717, 1.165) is 0 Å².